The van der Waals surface area contributed by atoms with E-state index in [1.165, 1.54) is 0 Å². The lowest BCUT2D eigenvalue weighted by molar-refractivity contribution is -0.144. The Kier molecular flexibility index (Phi) is 14.7. The van der Waals surface area contributed by atoms with Gasteiger partial charge in [0.2, 0.25) is 17.7 Å². The first kappa shape index (κ1) is 31.3. The van der Waals surface area contributed by atoms with Crippen molar-refractivity contribution in [2.24, 2.45) is 23.3 Å². The predicted molar refractivity (Wildman–Crippen MR) is 125 cm³/mol. The summed E-state index contributed by atoms with van der Waals surface area (Å²) in [5.41, 5.74) is 11.3. The van der Waals surface area contributed by atoms with Crippen molar-refractivity contribution in [3.8, 4) is 0 Å². The largest absolute Gasteiger partial charge is 0.481 e. The normalized spacial score (nSPS) is 15.5. The van der Waals surface area contributed by atoms with Crippen LogP contribution in [0.5, 0.6) is 0 Å². The Bertz CT molecular complexity index is 701. The summed E-state index contributed by atoms with van der Waals surface area (Å²) in [5, 5.41) is 25.8. The van der Waals surface area contributed by atoms with E-state index in [1.807, 2.05) is 6.92 Å². The summed E-state index contributed by atoms with van der Waals surface area (Å²) in [6.45, 7) is 7.56. The Morgan fingerprint density at radius 1 is 0.853 bits per heavy atom. The number of nitrogens with one attached hydrogen (secondary N) is 3. The molecule has 3 amide bonds. The highest BCUT2D eigenvalue weighted by Crippen LogP contribution is 2.11. The maximum atomic E-state index is 13.0. The summed E-state index contributed by atoms with van der Waals surface area (Å²) in [5.74, 6) is -5.25. The minimum absolute atomic E-state index is 0.0482. The number of carbonyl (C=O) groups is 5. The van der Waals surface area contributed by atoms with E-state index < -0.39 is 60.2 Å². The minimum atomic E-state index is -1.53. The van der Waals surface area contributed by atoms with Gasteiger partial charge in [0.1, 0.15) is 18.1 Å². The van der Waals surface area contributed by atoms with Crippen LogP contribution < -0.4 is 27.4 Å². The van der Waals surface area contributed by atoms with Gasteiger partial charge in [0, 0.05) is 0 Å². The lowest BCUT2D eigenvalue weighted by Gasteiger charge is -2.27. The number of amides is 3. The third-order valence-electron chi connectivity index (χ3n) is 5.43. The second-order valence-electron chi connectivity index (χ2n) is 8.95. The average Bonchev–Trinajstić information content (AvgIpc) is 2.74. The predicted octanol–water partition coefficient (Wildman–Crippen LogP) is -0.451. The van der Waals surface area contributed by atoms with Crippen molar-refractivity contribution in [3.05, 3.63) is 0 Å². The van der Waals surface area contributed by atoms with Crippen LogP contribution in [0, 0.1) is 11.8 Å². The third-order valence-corrected chi connectivity index (χ3v) is 5.43. The number of hydrogen-bond donors (Lipinski definition) is 7. The second-order valence-corrected chi connectivity index (χ2v) is 8.95. The van der Waals surface area contributed by atoms with Crippen molar-refractivity contribution >= 4 is 29.7 Å². The molecule has 0 fully saturated rings. The lowest BCUT2D eigenvalue weighted by atomic mass is 9.96. The number of carbonyl (C=O) groups excluding carboxylic acids is 3. The Morgan fingerprint density at radius 2 is 1.44 bits per heavy atom. The van der Waals surface area contributed by atoms with Crippen LogP contribution in [0.15, 0.2) is 0 Å². The van der Waals surface area contributed by atoms with Crippen molar-refractivity contribution in [1.82, 2.24) is 16.0 Å². The van der Waals surface area contributed by atoms with Crippen LogP contribution in [0.3, 0.4) is 0 Å². The van der Waals surface area contributed by atoms with Gasteiger partial charge in [0.15, 0.2) is 0 Å². The molecule has 0 aliphatic carbocycles. The summed E-state index contributed by atoms with van der Waals surface area (Å²) in [6.07, 6.45) is 1.61. The van der Waals surface area contributed by atoms with Crippen LogP contribution in [0.4, 0.5) is 0 Å². The van der Waals surface area contributed by atoms with E-state index in [2.05, 4.69) is 16.0 Å². The summed E-state index contributed by atoms with van der Waals surface area (Å²) in [4.78, 5) is 60.9. The van der Waals surface area contributed by atoms with Crippen molar-refractivity contribution in [1.29, 1.82) is 0 Å². The van der Waals surface area contributed by atoms with Gasteiger partial charge >= 0.3 is 11.9 Å². The van der Waals surface area contributed by atoms with E-state index in [-0.39, 0.29) is 18.3 Å². The fourth-order valence-corrected chi connectivity index (χ4v) is 3.21. The molecule has 0 heterocycles. The van der Waals surface area contributed by atoms with Gasteiger partial charge in [-0.25, -0.2) is 4.79 Å². The van der Waals surface area contributed by atoms with Crippen LogP contribution in [0.2, 0.25) is 0 Å². The van der Waals surface area contributed by atoms with Crippen molar-refractivity contribution in [2.45, 2.75) is 90.4 Å². The topological polar surface area (TPSA) is 214 Å². The molecule has 0 saturated heterocycles. The van der Waals surface area contributed by atoms with E-state index in [9.17, 15) is 34.2 Å². The number of nitrogens with two attached hydrogens (primary N) is 2. The molecule has 34 heavy (non-hydrogen) atoms. The number of carboxylic acids is 2. The van der Waals surface area contributed by atoms with Gasteiger partial charge in [-0.2, -0.15) is 0 Å². The molecule has 0 aromatic rings. The van der Waals surface area contributed by atoms with Gasteiger partial charge in [0.05, 0.1) is 12.5 Å². The highest BCUT2D eigenvalue weighted by Gasteiger charge is 2.33. The van der Waals surface area contributed by atoms with E-state index >= 15 is 0 Å². The van der Waals surface area contributed by atoms with Gasteiger partial charge < -0.3 is 37.6 Å². The van der Waals surface area contributed by atoms with Gasteiger partial charge in [-0.05, 0) is 37.6 Å². The zero-order chi connectivity index (χ0) is 26.4. The van der Waals surface area contributed by atoms with Gasteiger partial charge in [-0.3, -0.25) is 19.2 Å². The van der Waals surface area contributed by atoms with Crippen molar-refractivity contribution in [3.63, 3.8) is 0 Å². The van der Waals surface area contributed by atoms with Crippen LogP contribution >= 0.6 is 0 Å². The molecule has 5 atom stereocenters. The number of unbranched alkanes of at least 4 members (excludes halogenated alkanes) is 1. The second kappa shape index (κ2) is 16.0. The summed E-state index contributed by atoms with van der Waals surface area (Å²) >= 11 is 0. The van der Waals surface area contributed by atoms with E-state index in [0.717, 1.165) is 0 Å². The zero-order valence-corrected chi connectivity index (χ0v) is 20.5. The Morgan fingerprint density at radius 3 is 1.91 bits per heavy atom. The first-order valence-corrected chi connectivity index (χ1v) is 11.6. The molecule has 0 aliphatic rings. The molecule has 0 bridgehead atoms. The van der Waals surface area contributed by atoms with Crippen LogP contribution in [-0.2, 0) is 24.0 Å². The van der Waals surface area contributed by atoms with E-state index in [4.69, 9.17) is 11.5 Å². The number of hydrogen-bond acceptors (Lipinski definition) is 7. The molecule has 0 saturated carbocycles. The van der Waals surface area contributed by atoms with E-state index in [1.54, 1.807) is 20.8 Å². The third kappa shape index (κ3) is 11.9. The van der Waals surface area contributed by atoms with Gasteiger partial charge in [0.25, 0.3) is 0 Å². The Balaban J connectivity index is 5.49. The lowest BCUT2D eigenvalue weighted by Crippen LogP contribution is -2.59. The smallest absolute Gasteiger partial charge is 0.326 e. The summed E-state index contributed by atoms with van der Waals surface area (Å²) < 4.78 is 0. The molecule has 0 aromatic heterocycles. The van der Waals surface area contributed by atoms with Gasteiger partial charge in [-0.1, -0.05) is 40.5 Å². The molecule has 9 N–H and O–H groups in total. The fraction of sp³-hybridized carbons (Fsp3) is 0.773. The minimum Gasteiger partial charge on any atom is -0.481 e. The monoisotopic (exact) mass is 487 g/mol. The molecule has 0 radical (unpaired) electrons. The first-order valence-electron chi connectivity index (χ1n) is 11.6. The highest BCUT2D eigenvalue weighted by atomic mass is 16.4. The molecule has 0 rings (SSSR count). The summed E-state index contributed by atoms with van der Waals surface area (Å²) in [6, 6.07) is -4.68. The molecule has 196 valence electrons. The first-order chi connectivity index (χ1) is 15.8. The molecule has 12 heteroatoms. The summed E-state index contributed by atoms with van der Waals surface area (Å²) in [7, 11) is 0. The standard InChI is InChI=1S/C22H41N5O7/c1-5-13(4)18(27-19(30)14(24)8-6-7-9-23)21(32)25-15(11-17(28)29)20(31)26-16(22(33)34)10-12(2)3/h12-16,18H,5-11,23-24H2,1-4H3,(H,25,32)(H,26,31)(H,27,30)(H,28,29)(H,33,34). The maximum absolute atomic E-state index is 13.0. The Labute approximate surface area is 200 Å². The number of carboxylic acid groups (broad SMARTS) is 2. The van der Waals surface area contributed by atoms with Crippen LogP contribution in [0.25, 0.3) is 0 Å². The van der Waals surface area contributed by atoms with Crippen molar-refractivity contribution < 1.29 is 34.2 Å². The Hall–Kier alpha value is -2.73. The SMILES string of the molecule is CCC(C)C(NC(=O)C(N)CCCCN)C(=O)NC(CC(=O)O)C(=O)NC(CC(C)C)C(=O)O. The average molecular weight is 488 g/mol. The fourth-order valence-electron chi connectivity index (χ4n) is 3.21. The zero-order valence-electron chi connectivity index (χ0n) is 20.5. The molecule has 0 aliphatic heterocycles. The molecule has 0 aromatic carbocycles. The molecular formula is C22H41N5O7. The van der Waals surface area contributed by atoms with E-state index in [0.29, 0.717) is 32.2 Å². The quantitative estimate of drug-likeness (QED) is 0.132. The molecular weight excluding hydrogens is 446 g/mol. The number of rotatable bonds is 17. The molecule has 12 nitrogen and oxygen atoms in total. The maximum Gasteiger partial charge on any atom is 0.326 e. The van der Waals surface area contributed by atoms with Gasteiger partial charge in [-0.15, -0.1) is 0 Å². The van der Waals surface area contributed by atoms with Crippen LogP contribution in [0.1, 0.15) is 66.2 Å². The highest BCUT2D eigenvalue weighted by molar-refractivity contribution is 5.95. The van der Waals surface area contributed by atoms with Crippen LogP contribution in [-0.4, -0.2) is 70.6 Å². The number of aliphatic carboxylic acids is 2. The molecule has 5 unspecified atom stereocenters. The van der Waals surface area contributed by atoms with Crippen molar-refractivity contribution in [2.75, 3.05) is 6.54 Å². The molecule has 0 spiro atoms.